The first-order valence-corrected chi connectivity index (χ1v) is 9.66. The van der Waals surface area contributed by atoms with Crippen LogP contribution >= 0.6 is 0 Å². The summed E-state index contributed by atoms with van der Waals surface area (Å²) in [5.74, 6) is 0.00656. The van der Waals surface area contributed by atoms with Crippen molar-refractivity contribution in [3.63, 3.8) is 0 Å². The minimum atomic E-state index is 0.00656. The molecular formula is C24H30N2O. The summed E-state index contributed by atoms with van der Waals surface area (Å²) in [5, 5.41) is 6.88. The minimum Gasteiger partial charge on any atom is -0.349 e. The van der Waals surface area contributed by atoms with E-state index < -0.39 is 0 Å². The molecule has 1 fully saturated rings. The molecule has 2 N–H and O–H groups in total. The van der Waals surface area contributed by atoms with Crippen LogP contribution in [0.15, 0.2) is 54.6 Å². The van der Waals surface area contributed by atoms with Crippen LogP contribution < -0.4 is 10.6 Å². The molecule has 142 valence electrons. The summed E-state index contributed by atoms with van der Waals surface area (Å²) in [4.78, 5) is 12.7. The Morgan fingerprint density at radius 3 is 1.96 bits per heavy atom. The van der Waals surface area contributed by atoms with Crippen LogP contribution in [0.4, 0.5) is 0 Å². The molecule has 3 rings (SSSR count). The topological polar surface area (TPSA) is 41.1 Å². The van der Waals surface area contributed by atoms with Crippen molar-refractivity contribution < 1.29 is 4.79 Å². The predicted molar refractivity (Wildman–Crippen MR) is 114 cm³/mol. The number of carbonyl (C=O) groups is 1. The number of rotatable bonds is 4. The molecule has 1 aliphatic heterocycles. The zero-order valence-electron chi connectivity index (χ0n) is 16.8. The van der Waals surface area contributed by atoms with Gasteiger partial charge < -0.3 is 10.6 Å². The molecule has 0 spiro atoms. The van der Waals surface area contributed by atoms with E-state index in [1.165, 1.54) is 0 Å². The van der Waals surface area contributed by atoms with Gasteiger partial charge in [0.2, 0.25) is 0 Å². The molecule has 0 radical (unpaired) electrons. The Labute approximate surface area is 162 Å². The van der Waals surface area contributed by atoms with Crippen molar-refractivity contribution in [2.75, 3.05) is 0 Å². The fraction of sp³-hybridized carbons (Fsp3) is 0.375. The van der Waals surface area contributed by atoms with Crippen LogP contribution in [0.1, 0.15) is 62.0 Å². The van der Waals surface area contributed by atoms with E-state index in [4.69, 9.17) is 0 Å². The van der Waals surface area contributed by atoms with Gasteiger partial charge in [0.15, 0.2) is 0 Å². The van der Waals surface area contributed by atoms with Crippen molar-refractivity contribution in [2.24, 2.45) is 0 Å². The van der Waals surface area contributed by atoms with E-state index in [9.17, 15) is 4.79 Å². The Morgan fingerprint density at radius 1 is 0.889 bits per heavy atom. The standard InChI is InChI=1S/C24H30N2O/c1-23(2)16-21(17-24(3,4)26-23)25-22(27)20-14-12-19(13-15-20)11-10-18-8-6-5-7-9-18/h5-15,21,26H,16-17H2,1-4H3,(H,25,27). The van der Waals surface area contributed by atoms with Gasteiger partial charge in [-0.2, -0.15) is 0 Å². The lowest BCUT2D eigenvalue weighted by molar-refractivity contribution is 0.0873. The number of benzene rings is 2. The smallest absolute Gasteiger partial charge is 0.251 e. The first-order valence-electron chi connectivity index (χ1n) is 9.66. The van der Waals surface area contributed by atoms with Crippen LogP contribution in [-0.2, 0) is 0 Å². The fourth-order valence-electron chi connectivity index (χ4n) is 4.20. The molecule has 0 saturated carbocycles. The number of hydrogen-bond donors (Lipinski definition) is 2. The predicted octanol–water partition coefficient (Wildman–Crippen LogP) is 4.90. The second-order valence-corrected chi connectivity index (χ2v) is 8.84. The molecule has 1 amide bonds. The average Bonchev–Trinajstić information content (AvgIpc) is 2.58. The fourth-order valence-corrected chi connectivity index (χ4v) is 4.20. The van der Waals surface area contributed by atoms with Crippen molar-refractivity contribution >= 4 is 18.1 Å². The van der Waals surface area contributed by atoms with Crippen molar-refractivity contribution in [3.8, 4) is 0 Å². The van der Waals surface area contributed by atoms with Crippen LogP contribution in [0.2, 0.25) is 0 Å². The second-order valence-electron chi connectivity index (χ2n) is 8.84. The van der Waals surface area contributed by atoms with Gasteiger partial charge in [0.05, 0.1) is 0 Å². The Morgan fingerprint density at radius 2 is 1.41 bits per heavy atom. The number of carbonyl (C=O) groups excluding carboxylic acids is 1. The Kier molecular flexibility index (Phi) is 5.52. The number of amides is 1. The molecule has 2 aromatic rings. The lowest BCUT2D eigenvalue weighted by Crippen LogP contribution is -2.62. The molecule has 3 heteroatoms. The van der Waals surface area contributed by atoms with Crippen LogP contribution in [0.25, 0.3) is 12.2 Å². The SMILES string of the molecule is CC1(C)CC(NC(=O)c2ccc(C=Cc3ccccc3)cc2)CC(C)(C)N1. The van der Waals surface area contributed by atoms with Crippen molar-refractivity contribution in [1.29, 1.82) is 0 Å². The maximum Gasteiger partial charge on any atom is 0.251 e. The summed E-state index contributed by atoms with van der Waals surface area (Å²) in [6.07, 6.45) is 6.00. The normalized spacial score (nSPS) is 19.1. The zero-order valence-corrected chi connectivity index (χ0v) is 16.8. The van der Waals surface area contributed by atoms with Crippen LogP contribution in [0, 0.1) is 0 Å². The van der Waals surface area contributed by atoms with Crippen LogP contribution in [0.3, 0.4) is 0 Å². The minimum absolute atomic E-state index is 0.00656. The van der Waals surface area contributed by atoms with Gasteiger partial charge in [0, 0.05) is 22.7 Å². The monoisotopic (exact) mass is 362 g/mol. The molecule has 27 heavy (non-hydrogen) atoms. The summed E-state index contributed by atoms with van der Waals surface area (Å²) < 4.78 is 0. The Bertz CT molecular complexity index is 788. The third-order valence-electron chi connectivity index (χ3n) is 4.97. The van der Waals surface area contributed by atoms with E-state index in [0.717, 1.165) is 24.0 Å². The zero-order chi connectivity index (χ0) is 19.5. The highest BCUT2D eigenvalue weighted by atomic mass is 16.1. The first kappa shape index (κ1) is 19.4. The third kappa shape index (κ3) is 5.54. The van der Waals surface area contributed by atoms with Gasteiger partial charge in [0.25, 0.3) is 5.91 Å². The van der Waals surface area contributed by atoms with Crippen LogP contribution in [0.5, 0.6) is 0 Å². The molecule has 1 saturated heterocycles. The molecule has 0 aromatic heterocycles. The highest BCUT2D eigenvalue weighted by Crippen LogP contribution is 2.28. The van der Waals surface area contributed by atoms with Crippen LogP contribution in [-0.4, -0.2) is 23.0 Å². The van der Waals surface area contributed by atoms with Gasteiger partial charge in [0.1, 0.15) is 0 Å². The van der Waals surface area contributed by atoms with Gasteiger partial charge >= 0.3 is 0 Å². The lowest BCUT2D eigenvalue weighted by Gasteiger charge is -2.46. The average molecular weight is 363 g/mol. The van der Waals surface area contributed by atoms with E-state index in [-0.39, 0.29) is 23.0 Å². The summed E-state index contributed by atoms with van der Waals surface area (Å²) >= 11 is 0. The highest BCUT2D eigenvalue weighted by molar-refractivity contribution is 5.94. The summed E-state index contributed by atoms with van der Waals surface area (Å²) in [5.41, 5.74) is 2.99. The molecule has 0 atom stereocenters. The second kappa shape index (κ2) is 7.69. The van der Waals surface area contributed by atoms with Gasteiger partial charge in [-0.15, -0.1) is 0 Å². The molecule has 1 heterocycles. The third-order valence-corrected chi connectivity index (χ3v) is 4.97. The first-order chi connectivity index (χ1) is 12.7. The maximum absolute atomic E-state index is 12.7. The maximum atomic E-state index is 12.7. The van der Waals surface area contributed by atoms with Gasteiger partial charge in [-0.3, -0.25) is 4.79 Å². The molecule has 3 nitrogen and oxygen atoms in total. The van der Waals surface area contributed by atoms with Crippen molar-refractivity contribution in [1.82, 2.24) is 10.6 Å². The molecule has 2 aromatic carbocycles. The molecular weight excluding hydrogens is 332 g/mol. The van der Waals surface area contributed by atoms with E-state index in [0.29, 0.717) is 5.56 Å². The molecule has 0 bridgehead atoms. The molecule has 0 unspecified atom stereocenters. The van der Waals surface area contributed by atoms with Crippen molar-refractivity contribution in [3.05, 3.63) is 71.3 Å². The van der Waals surface area contributed by atoms with Gasteiger partial charge in [-0.1, -0.05) is 54.6 Å². The summed E-state index contributed by atoms with van der Waals surface area (Å²) in [7, 11) is 0. The molecule has 0 aliphatic carbocycles. The van der Waals surface area contributed by atoms with Gasteiger partial charge in [-0.05, 0) is 63.8 Å². The highest BCUT2D eigenvalue weighted by Gasteiger charge is 2.38. The lowest BCUT2D eigenvalue weighted by atomic mass is 9.79. The number of hydrogen-bond acceptors (Lipinski definition) is 2. The number of nitrogens with one attached hydrogen (secondary N) is 2. The van der Waals surface area contributed by atoms with Crippen molar-refractivity contribution in [2.45, 2.75) is 57.7 Å². The number of piperidine rings is 1. The summed E-state index contributed by atoms with van der Waals surface area (Å²) in [6.45, 7) is 8.78. The largest absolute Gasteiger partial charge is 0.349 e. The quantitative estimate of drug-likeness (QED) is 0.760. The van der Waals surface area contributed by atoms with E-state index >= 15 is 0 Å². The van der Waals surface area contributed by atoms with E-state index in [2.05, 4.69) is 62.6 Å². The summed E-state index contributed by atoms with van der Waals surface area (Å²) in [6, 6.07) is 18.2. The molecule has 1 aliphatic rings. The van der Waals surface area contributed by atoms with E-state index in [1.54, 1.807) is 0 Å². The van der Waals surface area contributed by atoms with E-state index in [1.807, 2.05) is 42.5 Å². The Hall–Kier alpha value is -2.39. The Balaban J connectivity index is 1.63. The van der Waals surface area contributed by atoms with Gasteiger partial charge in [-0.25, -0.2) is 0 Å².